The number of methoxy groups -OCH3 is 1. The zero-order valence-corrected chi connectivity index (χ0v) is 10.7. The Labute approximate surface area is 109 Å². The van der Waals surface area contributed by atoms with Crippen LogP contribution in [0.1, 0.15) is 18.4 Å². The Bertz CT molecular complexity index is 418. The predicted octanol–water partition coefficient (Wildman–Crippen LogP) is 2.49. The third-order valence-electron chi connectivity index (χ3n) is 2.57. The molecule has 0 unspecified atom stereocenters. The first-order valence-electron chi connectivity index (χ1n) is 5.66. The van der Waals surface area contributed by atoms with E-state index in [0.29, 0.717) is 18.8 Å². The lowest BCUT2D eigenvalue weighted by Gasteiger charge is -2.18. The highest BCUT2D eigenvalue weighted by Gasteiger charge is 2.30. The van der Waals surface area contributed by atoms with Gasteiger partial charge in [-0.2, -0.15) is 13.2 Å². The van der Waals surface area contributed by atoms with Crippen LogP contribution in [0, 0.1) is 0 Å². The topological polar surface area (TPSA) is 42.4 Å². The summed E-state index contributed by atoms with van der Waals surface area (Å²) >= 11 is 0. The van der Waals surface area contributed by atoms with Crippen molar-refractivity contribution >= 4 is 11.8 Å². The number of carbonyl (C=O) groups excluding carboxylic acids is 1. The minimum absolute atomic E-state index is 0.265. The van der Waals surface area contributed by atoms with Crippen molar-refractivity contribution < 1.29 is 22.7 Å². The monoisotopic (exact) mass is 276 g/mol. The molecule has 0 aliphatic heterocycles. The molecule has 106 valence electrons. The van der Waals surface area contributed by atoms with Gasteiger partial charge in [0.1, 0.15) is 5.82 Å². The molecule has 0 fully saturated rings. The zero-order chi connectivity index (χ0) is 14.5. The average Bonchev–Trinajstić information content (AvgIpc) is 2.37. The number of halogens is 3. The molecular weight excluding hydrogens is 261 g/mol. The van der Waals surface area contributed by atoms with Crippen LogP contribution in [0.2, 0.25) is 0 Å². The largest absolute Gasteiger partial charge is 0.469 e. The maximum atomic E-state index is 12.3. The van der Waals surface area contributed by atoms with Crippen LogP contribution in [0.25, 0.3) is 0 Å². The van der Waals surface area contributed by atoms with Crippen LogP contribution < -0.4 is 4.90 Å². The fourth-order valence-electron chi connectivity index (χ4n) is 1.46. The molecular formula is C12H15F3N2O2. The number of esters is 1. The van der Waals surface area contributed by atoms with Crippen LogP contribution in [-0.4, -0.2) is 31.7 Å². The van der Waals surface area contributed by atoms with Crippen LogP contribution >= 0.6 is 0 Å². The number of hydrogen-bond donors (Lipinski definition) is 0. The van der Waals surface area contributed by atoms with Crippen molar-refractivity contribution in [3.05, 3.63) is 23.9 Å². The first-order chi connectivity index (χ1) is 8.84. The molecule has 0 aliphatic rings. The number of aromatic nitrogens is 1. The number of ether oxygens (including phenoxy) is 1. The Balaban J connectivity index is 2.53. The van der Waals surface area contributed by atoms with Crippen LogP contribution in [-0.2, 0) is 15.7 Å². The van der Waals surface area contributed by atoms with E-state index < -0.39 is 11.7 Å². The Morgan fingerprint density at radius 2 is 2.11 bits per heavy atom. The average molecular weight is 276 g/mol. The van der Waals surface area contributed by atoms with Gasteiger partial charge in [-0.05, 0) is 18.6 Å². The van der Waals surface area contributed by atoms with Gasteiger partial charge in [0.2, 0.25) is 0 Å². The molecule has 19 heavy (non-hydrogen) atoms. The van der Waals surface area contributed by atoms with E-state index in [1.54, 1.807) is 11.9 Å². The van der Waals surface area contributed by atoms with Gasteiger partial charge in [-0.3, -0.25) is 4.79 Å². The molecule has 0 radical (unpaired) electrons. The lowest BCUT2D eigenvalue weighted by molar-refractivity contribution is -0.140. The second-order valence-corrected chi connectivity index (χ2v) is 4.00. The van der Waals surface area contributed by atoms with E-state index in [-0.39, 0.29) is 12.4 Å². The van der Waals surface area contributed by atoms with E-state index in [4.69, 9.17) is 0 Å². The van der Waals surface area contributed by atoms with Gasteiger partial charge < -0.3 is 9.64 Å². The lowest BCUT2D eigenvalue weighted by Crippen LogP contribution is -2.21. The standard InChI is InChI=1S/C12H15F3N2O2/c1-17(7-3-4-11(18)19-2)10-6-5-9(8-16-10)12(13,14)15/h5-6,8H,3-4,7H2,1-2H3. The summed E-state index contributed by atoms with van der Waals surface area (Å²) in [6.07, 6.45) is -2.77. The highest BCUT2D eigenvalue weighted by atomic mass is 19.4. The maximum absolute atomic E-state index is 12.3. The van der Waals surface area contributed by atoms with Gasteiger partial charge in [0.15, 0.2) is 0 Å². The van der Waals surface area contributed by atoms with E-state index in [9.17, 15) is 18.0 Å². The van der Waals surface area contributed by atoms with Gasteiger partial charge in [0.05, 0.1) is 12.7 Å². The second kappa shape index (κ2) is 6.40. The molecule has 4 nitrogen and oxygen atoms in total. The Morgan fingerprint density at radius 1 is 1.42 bits per heavy atom. The SMILES string of the molecule is COC(=O)CCCN(C)c1ccc(C(F)(F)F)cn1. The molecule has 1 aromatic heterocycles. The lowest BCUT2D eigenvalue weighted by atomic mass is 10.2. The summed E-state index contributed by atoms with van der Waals surface area (Å²) in [7, 11) is 3.01. The summed E-state index contributed by atoms with van der Waals surface area (Å²) < 4.78 is 41.5. The highest BCUT2D eigenvalue weighted by Crippen LogP contribution is 2.29. The summed E-state index contributed by atoms with van der Waals surface area (Å²) in [5.74, 6) is 0.117. The van der Waals surface area contributed by atoms with Crippen LogP contribution in [0.4, 0.5) is 19.0 Å². The zero-order valence-electron chi connectivity index (χ0n) is 10.7. The van der Waals surface area contributed by atoms with Crippen LogP contribution in [0.5, 0.6) is 0 Å². The number of pyridine rings is 1. The number of rotatable bonds is 5. The Kier molecular flexibility index (Phi) is 5.14. The number of anilines is 1. The normalized spacial score (nSPS) is 11.2. The van der Waals surface area contributed by atoms with Crippen molar-refractivity contribution in [1.82, 2.24) is 4.98 Å². The number of hydrogen-bond acceptors (Lipinski definition) is 4. The number of alkyl halides is 3. The predicted molar refractivity (Wildman–Crippen MR) is 63.8 cm³/mol. The van der Waals surface area contributed by atoms with Gasteiger partial charge in [-0.1, -0.05) is 0 Å². The molecule has 7 heteroatoms. The first-order valence-corrected chi connectivity index (χ1v) is 5.66. The van der Waals surface area contributed by atoms with Crippen molar-refractivity contribution in [2.24, 2.45) is 0 Å². The molecule has 0 aliphatic carbocycles. The van der Waals surface area contributed by atoms with Crippen molar-refractivity contribution in [3.8, 4) is 0 Å². The maximum Gasteiger partial charge on any atom is 0.417 e. The van der Waals surface area contributed by atoms with Crippen LogP contribution in [0.3, 0.4) is 0 Å². The molecule has 1 aromatic rings. The first kappa shape index (κ1) is 15.3. The second-order valence-electron chi connectivity index (χ2n) is 4.00. The van der Waals surface area contributed by atoms with Gasteiger partial charge in [0, 0.05) is 26.2 Å². The van der Waals surface area contributed by atoms with Gasteiger partial charge in [0.25, 0.3) is 0 Å². The van der Waals surface area contributed by atoms with Gasteiger partial charge in [-0.25, -0.2) is 4.98 Å². The van der Waals surface area contributed by atoms with Gasteiger partial charge in [-0.15, -0.1) is 0 Å². The molecule has 0 bridgehead atoms. The molecule has 0 saturated carbocycles. The summed E-state index contributed by atoms with van der Waals surface area (Å²) in [6, 6.07) is 2.29. The quantitative estimate of drug-likeness (QED) is 0.775. The van der Waals surface area contributed by atoms with E-state index in [2.05, 4.69) is 9.72 Å². The molecule has 1 rings (SSSR count). The molecule has 0 spiro atoms. The minimum Gasteiger partial charge on any atom is -0.469 e. The summed E-state index contributed by atoms with van der Waals surface area (Å²) in [5.41, 5.74) is -0.779. The molecule has 0 atom stereocenters. The third-order valence-corrected chi connectivity index (χ3v) is 2.57. The van der Waals surface area contributed by atoms with Crippen molar-refractivity contribution in [3.63, 3.8) is 0 Å². The third kappa shape index (κ3) is 4.76. The fourth-order valence-corrected chi connectivity index (χ4v) is 1.46. The van der Waals surface area contributed by atoms with E-state index in [0.717, 1.165) is 12.3 Å². The van der Waals surface area contributed by atoms with E-state index >= 15 is 0 Å². The number of nitrogens with zero attached hydrogens (tertiary/aromatic N) is 2. The van der Waals surface area contributed by atoms with Gasteiger partial charge >= 0.3 is 12.1 Å². The molecule has 0 saturated heterocycles. The van der Waals surface area contributed by atoms with Crippen molar-refractivity contribution in [2.75, 3.05) is 25.6 Å². The summed E-state index contributed by atoms with van der Waals surface area (Å²) in [6.45, 7) is 0.507. The smallest absolute Gasteiger partial charge is 0.417 e. The minimum atomic E-state index is -4.38. The Morgan fingerprint density at radius 3 is 2.58 bits per heavy atom. The Hall–Kier alpha value is -1.79. The van der Waals surface area contributed by atoms with Crippen molar-refractivity contribution in [1.29, 1.82) is 0 Å². The van der Waals surface area contributed by atoms with E-state index in [1.165, 1.54) is 13.2 Å². The van der Waals surface area contributed by atoms with E-state index in [1.807, 2.05) is 0 Å². The molecule has 0 N–H and O–H groups in total. The molecule has 0 amide bonds. The molecule has 1 heterocycles. The van der Waals surface area contributed by atoms with Crippen LogP contribution in [0.15, 0.2) is 18.3 Å². The fraction of sp³-hybridized carbons (Fsp3) is 0.500. The number of carbonyl (C=O) groups is 1. The highest BCUT2D eigenvalue weighted by molar-refractivity contribution is 5.69. The summed E-state index contributed by atoms with van der Waals surface area (Å²) in [4.78, 5) is 16.3. The van der Waals surface area contributed by atoms with Crippen molar-refractivity contribution in [2.45, 2.75) is 19.0 Å². The summed E-state index contributed by atoms with van der Waals surface area (Å²) in [5, 5.41) is 0. The molecule has 0 aromatic carbocycles.